The Hall–Kier alpha value is -2.83. The number of methoxy groups -OCH3 is 1. The van der Waals surface area contributed by atoms with Crippen molar-refractivity contribution in [1.29, 1.82) is 0 Å². The number of hydrogen-bond donors (Lipinski definition) is 1. The van der Waals surface area contributed by atoms with Crippen LogP contribution in [0, 0.1) is 19.8 Å². The monoisotopic (exact) mass is 422 g/mol. The van der Waals surface area contributed by atoms with Gasteiger partial charge in [-0.3, -0.25) is 4.90 Å². The Labute approximate surface area is 183 Å². The summed E-state index contributed by atoms with van der Waals surface area (Å²) in [4.78, 5) is 2.26. The molecule has 1 fully saturated rings. The molecule has 1 aliphatic heterocycles. The minimum atomic E-state index is -0.371. The Bertz CT molecular complexity index is 999. The van der Waals surface area contributed by atoms with E-state index in [1.807, 2.05) is 25.1 Å². The third-order valence-corrected chi connectivity index (χ3v) is 5.77. The van der Waals surface area contributed by atoms with Gasteiger partial charge in [-0.05, 0) is 37.1 Å². The zero-order valence-corrected chi connectivity index (χ0v) is 18.4. The van der Waals surface area contributed by atoms with E-state index in [2.05, 4.69) is 47.3 Å². The number of rotatable bonds is 8. The van der Waals surface area contributed by atoms with Crippen molar-refractivity contribution >= 4 is 0 Å². The maximum atomic E-state index is 10.5. The highest BCUT2D eigenvalue weighted by atomic mass is 16.5. The van der Waals surface area contributed by atoms with Gasteiger partial charge in [0.15, 0.2) is 11.5 Å². The van der Waals surface area contributed by atoms with Gasteiger partial charge in [0.25, 0.3) is 0 Å². The van der Waals surface area contributed by atoms with Crippen molar-refractivity contribution in [3.63, 3.8) is 0 Å². The number of β-amino-alcohol motifs (C(OH)–C–C–N with tert-alkyl or cyclic N) is 1. The summed E-state index contributed by atoms with van der Waals surface area (Å²) in [5, 5.41) is 14.4. The Kier molecular flexibility index (Phi) is 6.59. The van der Waals surface area contributed by atoms with Crippen molar-refractivity contribution in [2.24, 2.45) is 5.92 Å². The highest BCUT2D eigenvalue weighted by Gasteiger charge is 2.32. The van der Waals surface area contributed by atoms with E-state index < -0.39 is 0 Å². The number of aryl methyl sites for hydroxylation is 2. The second-order valence-corrected chi connectivity index (χ2v) is 8.42. The molecular formula is C25H30N2O4. The summed E-state index contributed by atoms with van der Waals surface area (Å²) in [6, 6.07) is 16.3. The molecule has 0 aliphatic carbocycles. The molecule has 1 N–H and O–H groups in total. The van der Waals surface area contributed by atoms with Gasteiger partial charge in [0.2, 0.25) is 0 Å². The molecule has 31 heavy (non-hydrogen) atoms. The lowest BCUT2D eigenvalue weighted by molar-refractivity contribution is 0.137. The average Bonchev–Trinajstić information content (AvgIpc) is 3.32. The second kappa shape index (κ2) is 9.54. The molecule has 0 radical (unpaired) electrons. The van der Waals surface area contributed by atoms with E-state index in [-0.39, 0.29) is 12.0 Å². The molecule has 164 valence electrons. The average molecular weight is 423 g/mol. The quantitative estimate of drug-likeness (QED) is 0.594. The van der Waals surface area contributed by atoms with Crippen LogP contribution in [-0.2, 0) is 19.6 Å². The highest BCUT2D eigenvalue weighted by molar-refractivity contribution is 5.43. The Morgan fingerprint density at radius 1 is 1.03 bits per heavy atom. The molecule has 2 aromatic carbocycles. The van der Waals surface area contributed by atoms with Gasteiger partial charge >= 0.3 is 0 Å². The summed E-state index contributed by atoms with van der Waals surface area (Å²) in [6.45, 7) is 6.68. The maximum absolute atomic E-state index is 10.5. The van der Waals surface area contributed by atoms with Crippen LogP contribution < -0.4 is 9.47 Å². The van der Waals surface area contributed by atoms with Crippen LogP contribution in [0.2, 0.25) is 0 Å². The molecule has 0 saturated carbocycles. The highest BCUT2D eigenvalue weighted by Crippen LogP contribution is 2.30. The second-order valence-electron chi connectivity index (χ2n) is 8.42. The van der Waals surface area contributed by atoms with Crippen molar-refractivity contribution in [2.45, 2.75) is 39.5 Å². The van der Waals surface area contributed by atoms with Crippen LogP contribution in [-0.4, -0.2) is 41.5 Å². The van der Waals surface area contributed by atoms with E-state index in [4.69, 9.17) is 14.0 Å². The molecule has 2 heterocycles. The number of benzene rings is 2. The van der Waals surface area contributed by atoms with E-state index in [1.165, 1.54) is 5.56 Å². The van der Waals surface area contributed by atoms with Crippen LogP contribution in [0.3, 0.4) is 0 Å². The van der Waals surface area contributed by atoms with Crippen molar-refractivity contribution < 1.29 is 19.1 Å². The molecule has 3 aromatic rings. The van der Waals surface area contributed by atoms with Crippen molar-refractivity contribution in [3.05, 3.63) is 76.7 Å². The van der Waals surface area contributed by atoms with Gasteiger partial charge < -0.3 is 19.1 Å². The molecule has 0 bridgehead atoms. The summed E-state index contributed by atoms with van der Waals surface area (Å²) < 4.78 is 16.9. The fourth-order valence-electron chi connectivity index (χ4n) is 4.08. The molecule has 1 saturated heterocycles. The Morgan fingerprint density at radius 2 is 1.81 bits per heavy atom. The molecule has 1 aliphatic rings. The normalized spacial score (nSPS) is 19.0. The number of ether oxygens (including phenoxy) is 2. The topological polar surface area (TPSA) is 68.0 Å². The first-order valence-electron chi connectivity index (χ1n) is 10.7. The lowest BCUT2D eigenvalue weighted by Gasteiger charge is -2.17. The number of aliphatic hydroxyl groups is 1. The van der Waals surface area contributed by atoms with E-state index in [0.717, 1.165) is 47.2 Å². The van der Waals surface area contributed by atoms with Gasteiger partial charge in [0, 0.05) is 38.0 Å². The summed E-state index contributed by atoms with van der Waals surface area (Å²) >= 11 is 0. The van der Waals surface area contributed by atoms with Gasteiger partial charge in [0.1, 0.15) is 12.4 Å². The molecule has 2 atom stereocenters. The van der Waals surface area contributed by atoms with Gasteiger partial charge in [0.05, 0.1) is 18.9 Å². The minimum absolute atomic E-state index is 0.145. The fraction of sp³-hybridized carbons (Fsp3) is 0.400. The van der Waals surface area contributed by atoms with E-state index in [0.29, 0.717) is 19.6 Å². The van der Waals surface area contributed by atoms with E-state index in [9.17, 15) is 5.11 Å². The molecule has 0 unspecified atom stereocenters. The predicted molar refractivity (Wildman–Crippen MR) is 118 cm³/mol. The first-order valence-corrected chi connectivity index (χ1v) is 10.7. The standard InChI is InChI=1S/C25H30N2O4/c1-17-4-6-19(7-5-17)16-30-24-9-8-20(11-25(24)29-3)13-27-14-21(23(28)15-27)12-22-10-18(2)26-31-22/h4-11,21,23,28H,12-16H2,1-3H3/t21-,23-/m1/s1. The molecule has 6 nitrogen and oxygen atoms in total. The third kappa shape index (κ3) is 5.46. The van der Waals surface area contributed by atoms with Crippen LogP contribution in [0.4, 0.5) is 0 Å². The van der Waals surface area contributed by atoms with Gasteiger partial charge in [-0.15, -0.1) is 0 Å². The van der Waals surface area contributed by atoms with Gasteiger partial charge in [-0.2, -0.15) is 0 Å². The Balaban J connectivity index is 1.35. The van der Waals surface area contributed by atoms with Crippen LogP contribution in [0.5, 0.6) is 11.5 Å². The van der Waals surface area contributed by atoms with Crippen molar-refractivity contribution in [1.82, 2.24) is 10.1 Å². The summed E-state index contributed by atoms with van der Waals surface area (Å²) in [6.07, 6.45) is 0.331. The van der Waals surface area contributed by atoms with Crippen LogP contribution in [0.25, 0.3) is 0 Å². The number of aromatic nitrogens is 1. The summed E-state index contributed by atoms with van der Waals surface area (Å²) in [7, 11) is 1.66. The molecule has 0 amide bonds. The van der Waals surface area contributed by atoms with E-state index in [1.54, 1.807) is 7.11 Å². The van der Waals surface area contributed by atoms with Gasteiger partial charge in [-0.25, -0.2) is 0 Å². The summed E-state index contributed by atoms with van der Waals surface area (Å²) in [5.41, 5.74) is 4.35. The predicted octanol–water partition coefficient (Wildman–Crippen LogP) is 3.91. The van der Waals surface area contributed by atoms with E-state index >= 15 is 0 Å². The molecule has 6 heteroatoms. The number of aliphatic hydroxyl groups excluding tert-OH is 1. The molecule has 1 aromatic heterocycles. The zero-order valence-electron chi connectivity index (χ0n) is 18.4. The third-order valence-electron chi connectivity index (χ3n) is 5.77. The zero-order chi connectivity index (χ0) is 21.8. The lowest BCUT2D eigenvalue weighted by Crippen LogP contribution is -2.21. The molecular weight excluding hydrogens is 392 g/mol. The lowest BCUT2D eigenvalue weighted by atomic mass is 10.0. The smallest absolute Gasteiger partial charge is 0.161 e. The first-order chi connectivity index (χ1) is 15.0. The van der Waals surface area contributed by atoms with Crippen LogP contribution in [0.1, 0.15) is 28.1 Å². The first kappa shape index (κ1) is 21.4. The van der Waals surface area contributed by atoms with Crippen molar-refractivity contribution in [3.8, 4) is 11.5 Å². The Morgan fingerprint density at radius 3 is 2.52 bits per heavy atom. The van der Waals surface area contributed by atoms with Gasteiger partial charge in [-0.1, -0.05) is 41.1 Å². The largest absolute Gasteiger partial charge is 0.493 e. The fourth-order valence-corrected chi connectivity index (χ4v) is 4.08. The van der Waals surface area contributed by atoms with Crippen LogP contribution in [0.15, 0.2) is 53.1 Å². The molecule has 4 rings (SSSR count). The number of nitrogens with zero attached hydrogens (tertiary/aromatic N) is 2. The summed E-state index contributed by atoms with van der Waals surface area (Å²) in [5.74, 6) is 2.43. The molecule has 0 spiro atoms. The minimum Gasteiger partial charge on any atom is -0.493 e. The van der Waals surface area contributed by atoms with Crippen LogP contribution >= 0.6 is 0 Å². The van der Waals surface area contributed by atoms with Crippen molar-refractivity contribution in [2.75, 3.05) is 20.2 Å². The SMILES string of the molecule is COc1cc(CN2C[C@@H](Cc3cc(C)no3)[C@H](O)C2)ccc1OCc1ccc(C)cc1. The number of hydrogen-bond acceptors (Lipinski definition) is 6. The maximum Gasteiger partial charge on any atom is 0.161 e. The number of likely N-dealkylation sites (tertiary alicyclic amines) is 1.